The van der Waals surface area contributed by atoms with Crippen LogP contribution in [0.1, 0.15) is 42.9 Å². The highest BCUT2D eigenvalue weighted by Crippen LogP contribution is 2.34. The molecular weight excluding hydrogens is 298 g/mol. The molecule has 2 aliphatic rings. The number of amides is 1. The highest BCUT2D eigenvalue weighted by molar-refractivity contribution is 5.81. The van der Waals surface area contributed by atoms with Gasteiger partial charge < -0.3 is 4.90 Å². The molecule has 2 fully saturated rings. The third-order valence-corrected chi connectivity index (χ3v) is 5.06. The number of carbonyl (C=O) groups is 1. The summed E-state index contributed by atoms with van der Waals surface area (Å²) < 4.78 is 0. The number of aromatic nitrogens is 2. The number of rotatable bonds is 3. The molecule has 4 heteroatoms. The Hall–Kier alpha value is -2.23. The summed E-state index contributed by atoms with van der Waals surface area (Å²) in [6.07, 6.45) is 6.15. The molecule has 1 aliphatic carbocycles. The van der Waals surface area contributed by atoms with Crippen LogP contribution in [0.2, 0.25) is 0 Å². The summed E-state index contributed by atoms with van der Waals surface area (Å²) in [5.74, 6) is 1.76. The molecule has 0 radical (unpaired) electrons. The maximum absolute atomic E-state index is 12.4. The molecule has 0 unspecified atom stereocenters. The Morgan fingerprint density at radius 1 is 1.12 bits per heavy atom. The van der Waals surface area contributed by atoms with Crippen molar-refractivity contribution >= 4 is 5.91 Å². The Kier molecular flexibility index (Phi) is 4.05. The van der Waals surface area contributed by atoms with Crippen molar-refractivity contribution in [3.63, 3.8) is 0 Å². The molecule has 0 spiro atoms. The van der Waals surface area contributed by atoms with Gasteiger partial charge in [0.25, 0.3) is 0 Å². The van der Waals surface area contributed by atoms with Gasteiger partial charge in [-0.3, -0.25) is 4.79 Å². The molecule has 1 aromatic carbocycles. The summed E-state index contributed by atoms with van der Waals surface area (Å²) in [6, 6.07) is 10.3. The SMILES string of the molecule is Cc1ccc(-c2nccc([C@H]3CCCN(C(=O)C4CC4)C3)n2)cc1. The first kappa shape index (κ1) is 15.3. The van der Waals surface area contributed by atoms with E-state index in [1.54, 1.807) is 0 Å². The lowest BCUT2D eigenvalue weighted by atomic mass is 9.94. The molecule has 124 valence electrons. The normalized spacial score (nSPS) is 20.9. The quantitative estimate of drug-likeness (QED) is 0.868. The number of aryl methyl sites for hydroxylation is 1. The van der Waals surface area contributed by atoms with Gasteiger partial charge >= 0.3 is 0 Å². The molecular formula is C20H23N3O. The molecule has 0 bridgehead atoms. The number of hydrogen-bond donors (Lipinski definition) is 0. The summed E-state index contributed by atoms with van der Waals surface area (Å²) in [5, 5.41) is 0. The second-order valence-electron chi connectivity index (χ2n) is 7.07. The van der Waals surface area contributed by atoms with E-state index in [0.29, 0.717) is 17.7 Å². The molecule has 2 aromatic rings. The van der Waals surface area contributed by atoms with Crippen LogP contribution in [0, 0.1) is 12.8 Å². The topological polar surface area (TPSA) is 46.1 Å². The van der Waals surface area contributed by atoms with Gasteiger partial charge in [-0.25, -0.2) is 9.97 Å². The van der Waals surface area contributed by atoms with E-state index in [1.165, 1.54) is 5.56 Å². The van der Waals surface area contributed by atoms with Gasteiger partial charge in [0.1, 0.15) is 0 Å². The number of carbonyl (C=O) groups excluding carboxylic acids is 1. The van der Waals surface area contributed by atoms with Crippen LogP contribution in [0.25, 0.3) is 11.4 Å². The zero-order chi connectivity index (χ0) is 16.5. The lowest BCUT2D eigenvalue weighted by Gasteiger charge is -2.32. The van der Waals surface area contributed by atoms with Crippen LogP contribution >= 0.6 is 0 Å². The van der Waals surface area contributed by atoms with Gasteiger partial charge in [0.05, 0.1) is 0 Å². The minimum atomic E-state index is 0.303. The molecule has 4 rings (SSSR count). The number of benzene rings is 1. The molecule has 24 heavy (non-hydrogen) atoms. The van der Waals surface area contributed by atoms with E-state index in [0.717, 1.165) is 55.9 Å². The lowest BCUT2D eigenvalue weighted by Crippen LogP contribution is -2.40. The zero-order valence-electron chi connectivity index (χ0n) is 14.1. The van der Waals surface area contributed by atoms with Crippen LogP contribution in [0.4, 0.5) is 0 Å². The van der Waals surface area contributed by atoms with E-state index in [4.69, 9.17) is 4.98 Å². The first-order valence-corrected chi connectivity index (χ1v) is 8.89. The predicted molar refractivity (Wildman–Crippen MR) is 93.5 cm³/mol. The molecule has 4 nitrogen and oxygen atoms in total. The highest BCUT2D eigenvalue weighted by atomic mass is 16.2. The molecule has 0 N–H and O–H groups in total. The Morgan fingerprint density at radius 3 is 2.67 bits per heavy atom. The third-order valence-electron chi connectivity index (χ3n) is 5.06. The van der Waals surface area contributed by atoms with Crippen LogP contribution in [0.3, 0.4) is 0 Å². The van der Waals surface area contributed by atoms with E-state index >= 15 is 0 Å². The van der Waals surface area contributed by atoms with E-state index in [1.807, 2.05) is 12.3 Å². The molecule has 2 heterocycles. The van der Waals surface area contributed by atoms with Gasteiger partial charge in [-0.05, 0) is 38.7 Å². The monoisotopic (exact) mass is 321 g/mol. The maximum atomic E-state index is 12.4. The van der Waals surface area contributed by atoms with Crippen molar-refractivity contribution in [1.82, 2.24) is 14.9 Å². The first-order valence-electron chi connectivity index (χ1n) is 8.89. The van der Waals surface area contributed by atoms with Crippen molar-refractivity contribution in [2.45, 2.75) is 38.5 Å². The van der Waals surface area contributed by atoms with Crippen LogP contribution in [-0.2, 0) is 4.79 Å². The van der Waals surface area contributed by atoms with Gasteiger partial charge in [0.15, 0.2) is 5.82 Å². The maximum Gasteiger partial charge on any atom is 0.225 e. The minimum absolute atomic E-state index is 0.303. The van der Waals surface area contributed by atoms with Gasteiger partial charge in [0, 0.05) is 42.4 Å². The van der Waals surface area contributed by atoms with E-state index in [-0.39, 0.29) is 0 Å². The number of nitrogens with zero attached hydrogens (tertiary/aromatic N) is 3. The summed E-state index contributed by atoms with van der Waals surface area (Å²) in [5.41, 5.74) is 3.34. The number of piperidine rings is 1. The summed E-state index contributed by atoms with van der Waals surface area (Å²) in [6.45, 7) is 3.79. The molecule has 1 amide bonds. The first-order chi connectivity index (χ1) is 11.7. The van der Waals surface area contributed by atoms with Crippen molar-refractivity contribution < 1.29 is 4.79 Å². The lowest BCUT2D eigenvalue weighted by molar-refractivity contribution is -0.133. The summed E-state index contributed by atoms with van der Waals surface area (Å²) >= 11 is 0. The van der Waals surface area contributed by atoms with Gasteiger partial charge in [-0.15, -0.1) is 0 Å². The molecule has 1 aromatic heterocycles. The van der Waals surface area contributed by atoms with Gasteiger partial charge in [-0.1, -0.05) is 29.8 Å². The number of likely N-dealkylation sites (tertiary alicyclic amines) is 1. The number of hydrogen-bond acceptors (Lipinski definition) is 3. The van der Waals surface area contributed by atoms with Crippen LogP contribution in [0.15, 0.2) is 36.5 Å². The predicted octanol–water partition coefficient (Wildman–Crippen LogP) is 3.57. The van der Waals surface area contributed by atoms with Crippen molar-refractivity contribution in [2.24, 2.45) is 5.92 Å². The van der Waals surface area contributed by atoms with Crippen LogP contribution in [-0.4, -0.2) is 33.9 Å². The molecule has 1 atom stereocenters. The van der Waals surface area contributed by atoms with Crippen molar-refractivity contribution in [3.05, 3.63) is 47.8 Å². The van der Waals surface area contributed by atoms with Gasteiger partial charge in [0.2, 0.25) is 5.91 Å². The summed E-state index contributed by atoms with van der Waals surface area (Å²) in [4.78, 5) is 23.6. The van der Waals surface area contributed by atoms with Crippen LogP contribution in [0.5, 0.6) is 0 Å². The zero-order valence-corrected chi connectivity index (χ0v) is 14.1. The van der Waals surface area contributed by atoms with Crippen molar-refractivity contribution in [1.29, 1.82) is 0 Å². The molecule has 1 saturated carbocycles. The Morgan fingerprint density at radius 2 is 1.92 bits per heavy atom. The Balaban J connectivity index is 1.54. The standard InChI is InChI=1S/C20H23N3O/c1-14-4-6-15(7-5-14)19-21-11-10-18(22-19)17-3-2-12-23(13-17)20(24)16-8-9-16/h4-7,10-11,16-17H,2-3,8-9,12-13H2,1H3/t17-/m0/s1. The smallest absolute Gasteiger partial charge is 0.225 e. The largest absolute Gasteiger partial charge is 0.342 e. The Labute approximate surface area is 142 Å². The van der Waals surface area contributed by atoms with Gasteiger partial charge in [-0.2, -0.15) is 0 Å². The second-order valence-corrected chi connectivity index (χ2v) is 7.07. The fourth-order valence-electron chi connectivity index (χ4n) is 3.45. The average Bonchev–Trinajstić information content (AvgIpc) is 3.47. The fourth-order valence-corrected chi connectivity index (χ4v) is 3.45. The Bertz CT molecular complexity index is 737. The fraction of sp³-hybridized carbons (Fsp3) is 0.450. The van der Waals surface area contributed by atoms with E-state index < -0.39 is 0 Å². The highest BCUT2D eigenvalue weighted by Gasteiger charge is 2.35. The van der Waals surface area contributed by atoms with Crippen molar-refractivity contribution in [2.75, 3.05) is 13.1 Å². The average molecular weight is 321 g/mol. The second kappa shape index (κ2) is 6.34. The van der Waals surface area contributed by atoms with E-state index in [2.05, 4.69) is 41.1 Å². The third kappa shape index (κ3) is 3.18. The van der Waals surface area contributed by atoms with E-state index in [9.17, 15) is 4.79 Å². The molecule has 1 aliphatic heterocycles. The summed E-state index contributed by atoms with van der Waals surface area (Å²) in [7, 11) is 0. The minimum Gasteiger partial charge on any atom is -0.342 e. The molecule has 1 saturated heterocycles. The van der Waals surface area contributed by atoms with Crippen molar-refractivity contribution in [3.8, 4) is 11.4 Å². The van der Waals surface area contributed by atoms with Crippen LogP contribution < -0.4 is 0 Å².